The van der Waals surface area contributed by atoms with Crippen LogP contribution in [0.15, 0.2) is 10.9 Å². The van der Waals surface area contributed by atoms with Gasteiger partial charge in [-0.25, -0.2) is 0 Å². The number of nitrogens with one attached hydrogen (secondary N) is 1. The maximum atomic E-state index is 12.3. The molecule has 6 nitrogen and oxygen atoms in total. The average Bonchev–Trinajstić information content (AvgIpc) is 2.85. The lowest BCUT2D eigenvalue weighted by Gasteiger charge is -2.08. The number of ether oxygens (including phenoxy) is 1. The van der Waals surface area contributed by atoms with Gasteiger partial charge < -0.3 is 14.6 Å². The number of pyridine rings is 1. The molecule has 0 aliphatic rings. The second-order valence-electron chi connectivity index (χ2n) is 4.54. The van der Waals surface area contributed by atoms with Gasteiger partial charge in [-0.3, -0.25) is 4.79 Å². The maximum Gasteiger partial charge on any atom is 0.261 e. The summed E-state index contributed by atoms with van der Waals surface area (Å²) in [7, 11) is 3.41. The fraction of sp³-hybridized carbons (Fsp3) is 0.462. The molecule has 0 unspecified atom stereocenters. The standard InChI is InChI=1S/C13H18N4O2S/c1-8-7-9(2)17(3)12(18)10(8)11-15-16-13(20-11)14-5-6-19-4/h7H,5-6H2,1-4H3,(H,14,16). The molecule has 0 atom stereocenters. The number of rotatable bonds is 5. The number of nitrogens with zero attached hydrogens (tertiary/aromatic N) is 3. The molecule has 0 radical (unpaired) electrons. The average molecular weight is 294 g/mol. The summed E-state index contributed by atoms with van der Waals surface area (Å²) in [5.74, 6) is 0. The van der Waals surface area contributed by atoms with E-state index < -0.39 is 0 Å². The third-order valence-corrected chi connectivity index (χ3v) is 3.99. The van der Waals surface area contributed by atoms with Crippen LogP contribution < -0.4 is 10.9 Å². The molecule has 0 bridgehead atoms. The lowest BCUT2D eigenvalue weighted by molar-refractivity contribution is 0.211. The Morgan fingerprint density at radius 1 is 1.40 bits per heavy atom. The highest BCUT2D eigenvalue weighted by molar-refractivity contribution is 7.18. The minimum absolute atomic E-state index is 0.0397. The van der Waals surface area contributed by atoms with Gasteiger partial charge in [-0.2, -0.15) is 0 Å². The highest BCUT2D eigenvalue weighted by atomic mass is 32.1. The van der Waals surface area contributed by atoms with Crippen molar-refractivity contribution < 1.29 is 4.74 Å². The maximum absolute atomic E-state index is 12.3. The first-order chi connectivity index (χ1) is 9.54. The Kier molecular flexibility index (Phi) is 4.51. The summed E-state index contributed by atoms with van der Waals surface area (Å²) >= 11 is 1.38. The topological polar surface area (TPSA) is 69.0 Å². The summed E-state index contributed by atoms with van der Waals surface area (Å²) in [4.78, 5) is 12.3. The van der Waals surface area contributed by atoms with Crippen LogP contribution in [0.25, 0.3) is 10.6 Å². The molecule has 0 fully saturated rings. The number of hydrogen-bond acceptors (Lipinski definition) is 6. The highest BCUT2D eigenvalue weighted by Gasteiger charge is 2.15. The molecular formula is C13H18N4O2S. The van der Waals surface area contributed by atoms with E-state index in [4.69, 9.17) is 4.74 Å². The lowest BCUT2D eigenvalue weighted by atomic mass is 10.1. The fourth-order valence-corrected chi connectivity index (χ4v) is 2.77. The number of aromatic nitrogens is 3. The lowest BCUT2D eigenvalue weighted by Crippen LogP contribution is -2.21. The molecule has 0 saturated heterocycles. The SMILES string of the molecule is COCCNc1nnc(-c2c(C)cc(C)n(C)c2=O)s1. The Balaban J connectivity index is 2.33. The van der Waals surface area contributed by atoms with Crippen molar-refractivity contribution in [3.63, 3.8) is 0 Å². The van der Waals surface area contributed by atoms with Crippen molar-refractivity contribution >= 4 is 16.5 Å². The number of aryl methyl sites for hydroxylation is 2. The van der Waals surface area contributed by atoms with Gasteiger partial charge in [-0.15, -0.1) is 10.2 Å². The molecular weight excluding hydrogens is 276 g/mol. The van der Waals surface area contributed by atoms with Crippen LogP contribution in [0, 0.1) is 13.8 Å². The van der Waals surface area contributed by atoms with Crippen LogP contribution in [-0.2, 0) is 11.8 Å². The monoisotopic (exact) mass is 294 g/mol. The van der Waals surface area contributed by atoms with Crippen molar-refractivity contribution in [2.45, 2.75) is 13.8 Å². The molecule has 108 valence electrons. The van der Waals surface area contributed by atoms with Gasteiger partial charge in [-0.05, 0) is 25.5 Å². The van der Waals surface area contributed by atoms with Gasteiger partial charge in [-0.1, -0.05) is 11.3 Å². The van der Waals surface area contributed by atoms with E-state index >= 15 is 0 Å². The van der Waals surface area contributed by atoms with E-state index in [9.17, 15) is 4.79 Å². The molecule has 20 heavy (non-hydrogen) atoms. The fourth-order valence-electron chi connectivity index (χ4n) is 1.89. The first kappa shape index (κ1) is 14.7. The zero-order valence-corrected chi connectivity index (χ0v) is 12.9. The van der Waals surface area contributed by atoms with E-state index in [2.05, 4.69) is 15.5 Å². The molecule has 2 aromatic heterocycles. The minimum atomic E-state index is -0.0397. The molecule has 0 aliphatic heterocycles. The predicted molar refractivity (Wildman–Crippen MR) is 80.4 cm³/mol. The van der Waals surface area contributed by atoms with Gasteiger partial charge in [0, 0.05) is 26.4 Å². The van der Waals surface area contributed by atoms with Crippen LogP contribution in [0.2, 0.25) is 0 Å². The Morgan fingerprint density at radius 3 is 2.85 bits per heavy atom. The summed E-state index contributed by atoms with van der Waals surface area (Å²) in [5.41, 5.74) is 2.43. The van der Waals surface area contributed by atoms with Crippen LogP contribution in [0.1, 0.15) is 11.3 Å². The Morgan fingerprint density at radius 2 is 2.15 bits per heavy atom. The predicted octanol–water partition coefficient (Wildman–Crippen LogP) is 1.58. The zero-order chi connectivity index (χ0) is 14.7. The normalized spacial score (nSPS) is 10.8. The van der Waals surface area contributed by atoms with Crippen molar-refractivity contribution in [2.75, 3.05) is 25.6 Å². The van der Waals surface area contributed by atoms with Crippen molar-refractivity contribution in [1.82, 2.24) is 14.8 Å². The van der Waals surface area contributed by atoms with Gasteiger partial charge in [0.25, 0.3) is 5.56 Å². The van der Waals surface area contributed by atoms with Crippen molar-refractivity contribution in [3.8, 4) is 10.6 Å². The molecule has 0 spiro atoms. The second-order valence-corrected chi connectivity index (χ2v) is 5.52. The van der Waals surface area contributed by atoms with E-state index in [1.165, 1.54) is 11.3 Å². The van der Waals surface area contributed by atoms with Crippen LogP contribution in [0.5, 0.6) is 0 Å². The summed E-state index contributed by atoms with van der Waals surface area (Å²) in [6, 6.07) is 1.98. The molecule has 2 rings (SSSR count). The van der Waals surface area contributed by atoms with Crippen LogP contribution in [-0.4, -0.2) is 35.0 Å². The highest BCUT2D eigenvalue weighted by Crippen LogP contribution is 2.26. The minimum Gasteiger partial charge on any atom is -0.383 e. The van der Waals surface area contributed by atoms with Gasteiger partial charge in [0.15, 0.2) is 5.01 Å². The molecule has 0 aliphatic carbocycles. The van der Waals surface area contributed by atoms with Crippen molar-refractivity contribution in [3.05, 3.63) is 27.7 Å². The molecule has 2 heterocycles. The Labute approximate surface area is 121 Å². The Bertz CT molecular complexity index is 663. The summed E-state index contributed by atoms with van der Waals surface area (Å²) in [5, 5.41) is 12.6. The van der Waals surface area contributed by atoms with Crippen molar-refractivity contribution in [1.29, 1.82) is 0 Å². The molecule has 0 amide bonds. The van der Waals surface area contributed by atoms with Gasteiger partial charge in [0.05, 0.1) is 12.2 Å². The summed E-state index contributed by atoms with van der Waals surface area (Å²) < 4.78 is 6.59. The molecule has 0 aromatic carbocycles. The van der Waals surface area contributed by atoms with E-state index in [-0.39, 0.29) is 5.56 Å². The smallest absolute Gasteiger partial charge is 0.261 e. The molecule has 1 N–H and O–H groups in total. The Hall–Kier alpha value is -1.73. The molecule has 0 saturated carbocycles. The van der Waals surface area contributed by atoms with Gasteiger partial charge in [0.1, 0.15) is 0 Å². The van der Waals surface area contributed by atoms with E-state index in [0.29, 0.717) is 28.9 Å². The number of anilines is 1. The first-order valence-corrected chi connectivity index (χ1v) is 7.10. The number of methoxy groups -OCH3 is 1. The van der Waals surface area contributed by atoms with E-state index in [1.807, 2.05) is 19.9 Å². The third kappa shape index (κ3) is 2.88. The number of hydrogen-bond donors (Lipinski definition) is 1. The molecule has 7 heteroatoms. The van der Waals surface area contributed by atoms with E-state index in [0.717, 1.165) is 11.3 Å². The van der Waals surface area contributed by atoms with Crippen LogP contribution >= 0.6 is 11.3 Å². The quantitative estimate of drug-likeness (QED) is 0.848. The summed E-state index contributed by atoms with van der Waals surface area (Å²) in [6.07, 6.45) is 0. The first-order valence-electron chi connectivity index (χ1n) is 6.28. The summed E-state index contributed by atoms with van der Waals surface area (Å²) in [6.45, 7) is 5.09. The second kappa shape index (κ2) is 6.15. The zero-order valence-electron chi connectivity index (χ0n) is 12.1. The largest absolute Gasteiger partial charge is 0.383 e. The van der Waals surface area contributed by atoms with Crippen LogP contribution in [0.3, 0.4) is 0 Å². The van der Waals surface area contributed by atoms with Gasteiger partial charge in [0.2, 0.25) is 5.13 Å². The van der Waals surface area contributed by atoms with Crippen LogP contribution in [0.4, 0.5) is 5.13 Å². The third-order valence-electron chi connectivity index (χ3n) is 3.09. The van der Waals surface area contributed by atoms with E-state index in [1.54, 1.807) is 18.7 Å². The molecule has 2 aromatic rings. The van der Waals surface area contributed by atoms with Crippen molar-refractivity contribution in [2.24, 2.45) is 7.05 Å². The van der Waals surface area contributed by atoms with Gasteiger partial charge >= 0.3 is 0 Å².